The Balaban J connectivity index is 1.85. The molecule has 0 radical (unpaired) electrons. The maximum atomic E-state index is 12.7. The highest BCUT2D eigenvalue weighted by atomic mass is 16.1. The first-order valence-corrected chi connectivity index (χ1v) is 8.16. The molecule has 112 valence electrons. The molecule has 3 atom stereocenters. The van der Waals surface area contributed by atoms with Gasteiger partial charge in [-0.1, -0.05) is 50.1 Å². The number of hydrogen-bond donors (Lipinski definition) is 0. The van der Waals surface area contributed by atoms with Gasteiger partial charge in [-0.3, -0.25) is 4.79 Å². The second kappa shape index (κ2) is 5.40. The van der Waals surface area contributed by atoms with Gasteiger partial charge in [-0.25, -0.2) is 0 Å². The van der Waals surface area contributed by atoms with Gasteiger partial charge in [-0.2, -0.15) is 0 Å². The van der Waals surface area contributed by atoms with Gasteiger partial charge in [-0.05, 0) is 37.5 Å². The van der Waals surface area contributed by atoms with Gasteiger partial charge in [0.1, 0.15) is 6.29 Å². The molecule has 1 aromatic carbocycles. The number of carbonyl (C=O) groups is 2. The lowest BCUT2D eigenvalue weighted by Crippen LogP contribution is -2.49. The Morgan fingerprint density at radius 2 is 1.86 bits per heavy atom. The van der Waals surface area contributed by atoms with E-state index < -0.39 is 0 Å². The first kappa shape index (κ1) is 14.5. The topological polar surface area (TPSA) is 34.1 Å². The van der Waals surface area contributed by atoms with Crippen LogP contribution in [0.5, 0.6) is 0 Å². The van der Waals surface area contributed by atoms with Gasteiger partial charge >= 0.3 is 0 Å². The second-order valence-electron chi connectivity index (χ2n) is 7.21. The Hall–Kier alpha value is -1.44. The second-order valence-corrected chi connectivity index (χ2v) is 7.21. The summed E-state index contributed by atoms with van der Waals surface area (Å²) in [5.74, 6) is 0.244. The smallest absolute Gasteiger partial charge is 0.165 e. The Labute approximate surface area is 126 Å². The lowest BCUT2D eigenvalue weighted by Gasteiger charge is -2.54. The molecule has 0 heterocycles. The SMILES string of the molecule is C[C@]12CCCC[C@]1(C=O)C[C@@H](C(=O)c1ccccc1)CC2. The standard InChI is InChI=1S/C19H24O2/c1-18-10-5-6-11-19(18,14-20)13-16(9-12-18)17(21)15-7-3-2-4-8-15/h2-4,7-8,14,16H,5-6,9-13H2,1H3/t16-,18+,19+/m0/s1. The molecule has 3 rings (SSSR count). The number of Topliss-reactive ketones (excluding diaryl/α,β-unsaturated/α-hetero) is 1. The molecule has 0 unspecified atom stereocenters. The summed E-state index contributed by atoms with van der Waals surface area (Å²) in [6, 6.07) is 9.55. The van der Waals surface area contributed by atoms with Crippen LogP contribution in [0.1, 0.15) is 62.2 Å². The molecule has 0 bridgehead atoms. The van der Waals surface area contributed by atoms with Crippen molar-refractivity contribution in [2.45, 2.75) is 51.9 Å². The van der Waals surface area contributed by atoms with Crippen molar-refractivity contribution in [3.8, 4) is 0 Å². The van der Waals surface area contributed by atoms with Crippen LogP contribution in [0.15, 0.2) is 30.3 Å². The molecule has 0 N–H and O–H groups in total. The molecule has 0 aliphatic heterocycles. The molecule has 1 aromatic rings. The normalized spacial score (nSPS) is 35.8. The summed E-state index contributed by atoms with van der Waals surface area (Å²) in [7, 11) is 0. The van der Waals surface area contributed by atoms with E-state index >= 15 is 0 Å². The van der Waals surface area contributed by atoms with Gasteiger partial charge in [-0.15, -0.1) is 0 Å². The molecule has 0 spiro atoms. The minimum Gasteiger partial charge on any atom is -0.303 e. The zero-order chi connectivity index (χ0) is 14.9. The predicted octanol–water partition coefficient (Wildman–Crippen LogP) is 4.44. The molecular weight excluding hydrogens is 260 g/mol. The van der Waals surface area contributed by atoms with E-state index in [2.05, 4.69) is 6.92 Å². The van der Waals surface area contributed by atoms with Crippen LogP contribution in [-0.4, -0.2) is 12.1 Å². The van der Waals surface area contributed by atoms with E-state index in [0.717, 1.165) is 44.1 Å². The Bertz CT molecular complexity index is 536. The summed E-state index contributed by atoms with van der Waals surface area (Å²) in [5.41, 5.74) is 0.641. The number of benzene rings is 1. The maximum absolute atomic E-state index is 12.7. The van der Waals surface area contributed by atoms with E-state index in [1.165, 1.54) is 12.7 Å². The molecule has 2 fully saturated rings. The monoisotopic (exact) mass is 284 g/mol. The van der Waals surface area contributed by atoms with Crippen LogP contribution in [0, 0.1) is 16.7 Å². The summed E-state index contributed by atoms with van der Waals surface area (Å²) < 4.78 is 0. The fraction of sp³-hybridized carbons (Fsp3) is 0.579. The van der Waals surface area contributed by atoms with Gasteiger partial charge in [0.15, 0.2) is 5.78 Å². The highest BCUT2D eigenvalue weighted by Crippen LogP contribution is 2.59. The minimum atomic E-state index is -0.265. The first-order valence-electron chi connectivity index (χ1n) is 8.16. The number of hydrogen-bond acceptors (Lipinski definition) is 2. The minimum absolute atomic E-state index is 0.0174. The van der Waals surface area contributed by atoms with Crippen molar-refractivity contribution in [1.29, 1.82) is 0 Å². The Morgan fingerprint density at radius 3 is 2.57 bits per heavy atom. The number of fused-ring (bicyclic) bond motifs is 1. The van der Waals surface area contributed by atoms with Gasteiger partial charge in [0.25, 0.3) is 0 Å². The van der Waals surface area contributed by atoms with Gasteiger partial charge < -0.3 is 4.79 Å². The fourth-order valence-corrected chi connectivity index (χ4v) is 4.57. The van der Waals surface area contributed by atoms with Crippen molar-refractivity contribution >= 4 is 12.1 Å². The highest BCUT2D eigenvalue weighted by molar-refractivity contribution is 5.98. The molecule has 21 heavy (non-hydrogen) atoms. The van der Waals surface area contributed by atoms with Crippen molar-refractivity contribution in [2.75, 3.05) is 0 Å². The van der Waals surface area contributed by atoms with Crippen LogP contribution in [0.4, 0.5) is 0 Å². The lowest BCUT2D eigenvalue weighted by atomic mass is 9.49. The zero-order valence-corrected chi connectivity index (χ0v) is 12.8. The summed E-state index contributed by atoms with van der Waals surface area (Å²) in [5, 5.41) is 0. The number of carbonyl (C=O) groups excluding carboxylic acids is 2. The van der Waals surface area contributed by atoms with Crippen molar-refractivity contribution in [2.24, 2.45) is 16.7 Å². The fourth-order valence-electron chi connectivity index (χ4n) is 4.57. The molecule has 2 nitrogen and oxygen atoms in total. The van der Waals surface area contributed by atoms with Crippen molar-refractivity contribution in [1.82, 2.24) is 0 Å². The van der Waals surface area contributed by atoms with Crippen LogP contribution in [0.2, 0.25) is 0 Å². The third-order valence-corrected chi connectivity index (χ3v) is 6.11. The Kier molecular flexibility index (Phi) is 3.73. The van der Waals surface area contributed by atoms with E-state index in [1.807, 2.05) is 30.3 Å². The van der Waals surface area contributed by atoms with E-state index in [4.69, 9.17) is 0 Å². The first-order chi connectivity index (χ1) is 10.1. The molecular formula is C19H24O2. The predicted molar refractivity (Wildman–Crippen MR) is 83.2 cm³/mol. The largest absolute Gasteiger partial charge is 0.303 e. The summed E-state index contributed by atoms with van der Waals surface area (Å²) in [6.07, 6.45) is 8.33. The number of aldehydes is 1. The van der Waals surface area contributed by atoms with Crippen LogP contribution >= 0.6 is 0 Å². The zero-order valence-electron chi connectivity index (χ0n) is 12.8. The number of ketones is 1. The third-order valence-electron chi connectivity index (χ3n) is 6.11. The van der Waals surface area contributed by atoms with Crippen LogP contribution in [0.25, 0.3) is 0 Å². The molecule has 2 aliphatic rings. The molecule has 2 saturated carbocycles. The number of rotatable bonds is 3. The van der Waals surface area contributed by atoms with Crippen LogP contribution in [0.3, 0.4) is 0 Å². The van der Waals surface area contributed by atoms with Crippen LogP contribution < -0.4 is 0 Å². The average Bonchev–Trinajstić information content (AvgIpc) is 2.54. The molecule has 2 aliphatic carbocycles. The average molecular weight is 284 g/mol. The molecule has 0 amide bonds. The lowest BCUT2D eigenvalue weighted by molar-refractivity contribution is -0.133. The van der Waals surface area contributed by atoms with E-state index in [1.54, 1.807) is 0 Å². The molecule has 0 aromatic heterocycles. The van der Waals surface area contributed by atoms with Crippen molar-refractivity contribution in [3.63, 3.8) is 0 Å². The third kappa shape index (κ3) is 2.35. The van der Waals surface area contributed by atoms with Gasteiger partial charge in [0, 0.05) is 16.9 Å². The summed E-state index contributed by atoms with van der Waals surface area (Å²) in [4.78, 5) is 24.6. The summed E-state index contributed by atoms with van der Waals surface area (Å²) >= 11 is 0. The van der Waals surface area contributed by atoms with Crippen molar-refractivity contribution in [3.05, 3.63) is 35.9 Å². The van der Waals surface area contributed by atoms with Crippen molar-refractivity contribution < 1.29 is 9.59 Å². The molecule has 2 heteroatoms. The highest BCUT2D eigenvalue weighted by Gasteiger charge is 2.53. The van der Waals surface area contributed by atoms with E-state index in [9.17, 15) is 9.59 Å². The van der Waals surface area contributed by atoms with Gasteiger partial charge in [0.2, 0.25) is 0 Å². The van der Waals surface area contributed by atoms with Gasteiger partial charge in [0.05, 0.1) is 0 Å². The van der Waals surface area contributed by atoms with Crippen LogP contribution in [-0.2, 0) is 4.79 Å². The van der Waals surface area contributed by atoms with E-state index in [0.29, 0.717) is 0 Å². The maximum Gasteiger partial charge on any atom is 0.165 e. The quantitative estimate of drug-likeness (QED) is 0.607. The molecule has 0 saturated heterocycles. The van der Waals surface area contributed by atoms with E-state index in [-0.39, 0.29) is 22.5 Å². The Morgan fingerprint density at radius 1 is 1.14 bits per heavy atom. The summed E-state index contributed by atoms with van der Waals surface area (Å²) in [6.45, 7) is 2.27.